The summed E-state index contributed by atoms with van der Waals surface area (Å²) >= 11 is 0. The minimum atomic E-state index is -0.623. The van der Waals surface area contributed by atoms with Crippen LogP contribution in [0.15, 0.2) is 12.2 Å². The zero-order valence-corrected chi connectivity index (χ0v) is 14.8. The summed E-state index contributed by atoms with van der Waals surface area (Å²) in [6.07, 6.45) is 5.01. The molecule has 3 aliphatic heterocycles. The lowest BCUT2D eigenvalue weighted by molar-refractivity contribution is -0.0471. The van der Waals surface area contributed by atoms with Crippen molar-refractivity contribution >= 4 is 0 Å². The van der Waals surface area contributed by atoms with Crippen molar-refractivity contribution in [2.45, 2.75) is 49.7 Å². The molecule has 5 atom stereocenters. The number of piperidine rings is 1. The van der Waals surface area contributed by atoms with E-state index in [2.05, 4.69) is 18.0 Å². The number of likely N-dealkylation sites (tertiary alicyclic amines) is 1. The third kappa shape index (κ3) is 1.59. The van der Waals surface area contributed by atoms with Gasteiger partial charge in [-0.2, -0.15) is 0 Å². The molecular weight excluding hydrogens is 334 g/mol. The topological polar surface area (TPSA) is 71.4 Å². The Morgan fingerprint density at radius 2 is 2.15 bits per heavy atom. The van der Waals surface area contributed by atoms with Crippen molar-refractivity contribution in [2.75, 3.05) is 20.4 Å². The van der Waals surface area contributed by atoms with Gasteiger partial charge in [-0.05, 0) is 37.6 Å². The summed E-state index contributed by atoms with van der Waals surface area (Å²) in [7, 11) is 2.18. The van der Waals surface area contributed by atoms with Gasteiger partial charge in [0.25, 0.3) is 0 Å². The zero-order chi connectivity index (χ0) is 17.6. The number of ether oxygens (including phenoxy) is 3. The van der Waals surface area contributed by atoms with Gasteiger partial charge in [-0.25, -0.2) is 0 Å². The van der Waals surface area contributed by atoms with Gasteiger partial charge in [0.05, 0.1) is 13.2 Å². The van der Waals surface area contributed by atoms with Crippen LogP contribution in [0, 0.1) is 5.92 Å². The second kappa shape index (κ2) is 5.01. The van der Waals surface area contributed by atoms with Crippen LogP contribution in [-0.4, -0.2) is 53.7 Å². The van der Waals surface area contributed by atoms with Crippen LogP contribution in [0.25, 0.3) is 0 Å². The average Bonchev–Trinajstić information content (AvgIpc) is 3.01. The van der Waals surface area contributed by atoms with E-state index in [1.807, 2.05) is 6.08 Å². The van der Waals surface area contributed by atoms with E-state index in [0.29, 0.717) is 24.3 Å². The molecule has 26 heavy (non-hydrogen) atoms. The monoisotopic (exact) mass is 357 g/mol. The SMILES string of the molecule is CN1CC[C@]23c4c5c(CO)c6c(c4O[C@H]2[C@@H](O)C=C[C@H]3[C@H]1C5)OCOC6. The molecule has 1 spiro atoms. The molecule has 1 fully saturated rings. The first kappa shape index (κ1) is 15.5. The van der Waals surface area contributed by atoms with Gasteiger partial charge in [-0.15, -0.1) is 0 Å². The highest BCUT2D eigenvalue weighted by atomic mass is 16.7. The van der Waals surface area contributed by atoms with Crippen LogP contribution in [-0.2, 0) is 29.8 Å². The third-order valence-electron chi connectivity index (χ3n) is 7.34. The molecule has 6 nitrogen and oxygen atoms in total. The lowest BCUT2D eigenvalue weighted by Gasteiger charge is -2.56. The third-order valence-corrected chi connectivity index (χ3v) is 7.34. The van der Waals surface area contributed by atoms with Gasteiger partial charge >= 0.3 is 0 Å². The fourth-order valence-corrected chi connectivity index (χ4v) is 6.24. The Morgan fingerprint density at radius 3 is 3.00 bits per heavy atom. The standard InChI is InChI=1S/C20H23NO5/c1-21-5-4-20-13-2-3-15(23)19(20)26-18-16(20)10(6-14(13)21)11(7-22)12-8-24-9-25-17(12)18/h2-3,13-15,19,22-23H,4-9H2,1H3/t13-,14+,15-,19-,20-/m0/s1. The first-order valence-electron chi connectivity index (χ1n) is 9.42. The van der Waals surface area contributed by atoms with E-state index in [4.69, 9.17) is 14.2 Å². The van der Waals surface area contributed by atoms with Crippen molar-refractivity contribution in [3.63, 3.8) is 0 Å². The number of benzene rings is 1. The first-order valence-corrected chi connectivity index (χ1v) is 9.42. The molecular formula is C20H23NO5. The Bertz CT molecular complexity index is 836. The van der Waals surface area contributed by atoms with Crippen LogP contribution in [0.3, 0.4) is 0 Å². The van der Waals surface area contributed by atoms with E-state index in [9.17, 15) is 10.2 Å². The minimum absolute atomic E-state index is 0.0299. The number of hydrogen-bond donors (Lipinski definition) is 2. The molecule has 0 radical (unpaired) electrons. The fourth-order valence-electron chi connectivity index (χ4n) is 6.24. The molecule has 1 saturated heterocycles. The van der Waals surface area contributed by atoms with Gasteiger partial charge in [-0.1, -0.05) is 12.2 Å². The van der Waals surface area contributed by atoms with Crippen LogP contribution in [0.1, 0.15) is 28.7 Å². The summed E-state index contributed by atoms with van der Waals surface area (Å²) in [6.45, 7) is 1.57. The van der Waals surface area contributed by atoms with E-state index in [1.54, 1.807) is 0 Å². The van der Waals surface area contributed by atoms with E-state index < -0.39 is 6.10 Å². The maximum atomic E-state index is 10.7. The number of rotatable bonds is 1. The molecule has 138 valence electrons. The number of likely N-dealkylation sites (N-methyl/N-ethyl adjacent to an activating group) is 1. The van der Waals surface area contributed by atoms with Gasteiger partial charge < -0.3 is 29.3 Å². The van der Waals surface area contributed by atoms with Crippen LogP contribution >= 0.6 is 0 Å². The zero-order valence-electron chi connectivity index (χ0n) is 14.8. The fraction of sp³-hybridized carbons (Fsp3) is 0.600. The van der Waals surface area contributed by atoms with Crippen LogP contribution in [0.2, 0.25) is 0 Å². The van der Waals surface area contributed by atoms with Crippen molar-refractivity contribution in [1.29, 1.82) is 0 Å². The summed E-state index contributed by atoms with van der Waals surface area (Å²) in [5.41, 5.74) is 3.99. The van der Waals surface area contributed by atoms with Crippen molar-refractivity contribution in [2.24, 2.45) is 5.92 Å². The van der Waals surface area contributed by atoms with E-state index >= 15 is 0 Å². The summed E-state index contributed by atoms with van der Waals surface area (Å²) < 4.78 is 17.8. The number of aliphatic hydroxyl groups is 2. The van der Waals surface area contributed by atoms with Crippen molar-refractivity contribution in [3.05, 3.63) is 34.4 Å². The Hall–Kier alpha value is -1.60. The molecule has 2 bridgehead atoms. The van der Waals surface area contributed by atoms with Gasteiger partial charge in [0.2, 0.25) is 0 Å². The molecule has 3 heterocycles. The molecule has 6 heteroatoms. The smallest absolute Gasteiger partial charge is 0.189 e. The van der Waals surface area contributed by atoms with E-state index in [-0.39, 0.29) is 24.9 Å². The predicted octanol–water partition coefficient (Wildman–Crippen LogP) is 0.851. The number of fused-ring (bicyclic) bond motifs is 2. The predicted molar refractivity (Wildman–Crippen MR) is 92.1 cm³/mol. The largest absolute Gasteiger partial charge is 0.482 e. The normalized spacial score (nSPS) is 39.0. The molecule has 0 unspecified atom stereocenters. The molecule has 0 aromatic heterocycles. The Morgan fingerprint density at radius 1 is 1.27 bits per heavy atom. The molecule has 0 amide bonds. The van der Waals surface area contributed by atoms with Crippen molar-refractivity contribution in [1.82, 2.24) is 4.90 Å². The van der Waals surface area contributed by atoms with Crippen LogP contribution < -0.4 is 9.47 Å². The highest BCUT2D eigenvalue weighted by Crippen LogP contribution is 2.64. The number of aliphatic hydroxyl groups excluding tert-OH is 2. The first-order chi connectivity index (χ1) is 12.7. The van der Waals surface area contributed by atoms with Gasteiger partial charge in [-0.3, -0.25) is 0 Å². The van der Waals surface area contributed by atoms with Crippen molar-refractivity contribution < 1.29 is 24.4 Å². The number of nitrogens with zero attached hydrogens (tertiary/aromatic N) is 1. The highest BCUT2D eigenvalue weighted by Gasteiger charge is 2.65. The van der Waals surface area contributed by atoms with Gasteiger partial charge in [0.15, 0.2) is 18.3 Å². The number of hydrogen-bond acceptors (Lipinski definition) is 6. The van der Waals surface area contributed by atoms with E-state index in [1.165, 1.54) is 11.1 Å². The van der Waals surface area contributed by atoms with Gasteiger partial charge in [0, 0.05) is 28.5 Å². The second-order valence-corrected chi connectivity index (χ2v) is 8.22. The summed E-state index contributed by atoms with van der Waals surface area (Å²) in [5.74, 6) is 1.82. The molecule has 1 aromatic rings. The van der Waals surface area contributed by atoms with Crippen LogP contribution in [0.4, 0.5) is 0 Å². The lowest BCUT2D eigenvalue weighted by Crippen LogP contribution is -2.64. The van der Waals surface area contributed by atoms with E-state index in [0.717, 1.165) is 36.3 Å². The average molecular weight is 357 g/mol. The Labute approximate surface area is 152 Å². The Kier molecular flexibility index (Phi) is 2.98. The summed E-state index contributed by atoms with van der Waals surface area (Å²) in [4.78, 5) is 2.42. The molecule has 0 saturated carbocycles. The maximum absolute atomic E-state index is 10.7. The molecule has 5 aliphatic rings. The maximum Gasteiger partial charge on any atom is 0.189 e. The molecule has 2 N–H and O–H groups in total. The second-order valence-electron chi connectivity index (χ2n) is 8.22. The molecule has 1 aromatic carbocycles. The molecule has 2 aliphatic carbocycles. The van der Waals surface area contributed by atoms with Crippen molar-refractivity contribution in [3.8, 4) is 11.5 Å². The van der Waals surface area contributed by atoms with Gasteiger partial charge in [0.1, 0.15) is 12.2 Å². The molecule has 6 rings (SSSR count). The highest BCUT2D eigenvalue weighted by molar-refractivity contribution is 5.68. The minimum Gasteiger partial charge on any atom is -0.482 e. The Balaban J connectivity index is 1.70. The quantitative estimate of drug-likeness (QED) is 0.726. The van der Waals surface area contributed by atoms with Crippen LogP contribution in [0.5, 0.6) is 11.5 Å². The lowest BCUT2D eigenvalue weighted by atomic mass is 9.53. The summed E-state index contributed by atoms with van der Waals surface area (Å²) in [6, 6.07) is 0.353. The summed E-state index contributed by atoms with van der Waals surface area (Å²) in [5, 5.41) is 20.9.